The number of hydrogen-bond donors (Lipinski definition) is 1. The molecule has 0 spiro atoms. The molecular formula is C19H21NO2. The predicted octanol–water partition coefficient (Wildman–Crippen LogP) is 3.95. The fourth-order valence-electron chi connectivity index (χ4n) is 2.43. The van der Waals surface area contributed by atoms with Crippen LogP contribution >= 0.6 is 0 Å². The highest BCUT2D eigenvalue weighted by Crippen LogP contribution is 2.24. The highest BCUT2D eigenvalue weighted by Gasteiger charge is 2.12. The largest absolute Gasteiger partial charge is 0.489 e. The average molecular weight is 295 g/mol. The van der Waals surface area contributed by atoms with Crippen molar-refractivity contribution >= 4 is 0 Å². The number of aliphatic hydroxyl groups excluding tert-OH is 1. The SMILES string of the molecule is CCc1ccc(OCc2ccccc2C(O)C#N)c(CC)c1. The lowest BCUT2D eigenvalue weighted by Crippen LogP contribution is -2.05. The van der Waals surface area contributed by atoms with Gasteiger partial charge in [-0.15, -0.1) is 0 Å². The van der Waals surface area contributed by atoms with Crippen molar-refractivity contribution in [1.29, 1.82) is 5.26 Å². The first-order valence-corrected chi connectivity index (χ1v) is 7.59. The standard InChI is InChI=1S/C19H21NO2/c1-3-14-9-10-19(15(4-2)11-14)22-13-16-7-5-6-8-17(16)18(21)12-20/h5-11,18,21H,3-4,13H2,1-2H3. The quantitative estimate of drug-likeness (QED) is 0.821. The summed E-state index contributed by atoms with van der Waals surface area (Å²) in [6.45, 7) is 4.58. The Kier molecular flexibility index (Phi) is 5.57. The van der Waals surface area contributed by atoms with Crippen LogP contribution in [0.3, 0.4) is 0 Å². The zero-order valence-corrected chi connectivity index (χ0v) is 13.0. The van der Waals surface area contributed by atoms with Gasteiger partial charge in [-0.05, 0) is 35.6 Å². The number of ether oxygens (including phenoxy) is 1. The number of benzene rings is 2. The molecule has 0 heterocycles. The van der Waals surface area contributed by atoms with Gasteiger partial charge < -0.3 is 9.84 Å². The number of hydrogen-bond acceptors (Lipinski definition) is 3. The smallest absolute Gasteiger partial charge is 0.166 e. The number of nitrogens with zero attached hydrogens (tertiary/aromatic N) is 1. The van der Waals surface area contributed by atoms with E-state index in [1.165, 1.54) is 11.1 Å². The molecule has 0 amide bonds. The van der Waals surface area contributed by atoms with Crippen LogP contribution in [0.5, 0.6) is 5.75 Å². The second kappa shape index (κ2) is 7.63. The van der Waals surface area contributed by atoms with Crippen molar-refractivity contribution in [1.82, 2.24) is 0 Å². The predicted molar refractivity (Wildman–Crippen MR) is 86.5 cm³/mol. The Hall–Kier alpha value is -2.31. The third kappa shape index (κ3) is 3.66. The molecule has 0 bridgehead atoms. The van der Waals surface area contributed by atoms with E-state index in [4.69, 9.17) is 10.00 Å². The van der Waals surface area contributed by atoms with E-state index in [0.29, 0.717) is 12.2 Å². The number of rotatable bonds is 6. The topological polar surface area (TPSA) is 53.2 Å². The monoisotopic (exact) mass is 295 g/mol. The molecule has 114 valence electrons. The van der Waals surface area contributed by atoms with E-state index in [1.54, 1.807) is 6.07 Å². The van der Waals surface area contributed by atoms with E-state index in [2.05, 4.69) is 26.0 Å². The molecule has 2 aromatic carbocycles. The molecule has 0 aliphatic carbocycles. The Morgan fingerprint density at radius 2 is 1.86 bits per heavy atom. The van der Waals surface area contributed by atoms with Crippen molar-refractivity contribution in [3.8, 4) is 11.8 Å². The summed E-state index contributed by atoms with van der Waals surface area (Å²) < 4.78 is 5.93. The minimum absolute atomic E-state index is 0.341. The van der Waals surface area contributed by atoms with Gasteiger partial charge in [0.1, 0.15) is 12.4 Å². The lowest BCUT2D eigenvalue weighted by atomic mass is 10.0. The van der Waals surface area contributed by atoms with Gasteiger partial charge in [-0.1, -0.05) is 50.2 Å². The lowest BCUT2D eigenvalue weighted by Gasteiger charge is -2.14. The molecular weight excluding hydrogens is 274 g/mol. The second-order valence-electron chi connectivity index (χ2n) is 5.17. The summed E-state index contributed by atoms with van der Waals surface area (Å²) in [5.41, 5.74) is 3.91. The summed E-state index contributed by atoms with van der Waals surface area (Å²) in [6.07, 6.45) is 0.795. The Labute approximate surface area is 131 Å². The molecule has 1 unspecified atom stereocenters. The van der Waals surface area contributed by atoms with Crippen molar-refractivity contribution in [3.05, 3.63) is 64.7 Å². The van der Waals surface area contributed by atoms with Gasteiger partial charge in [0, 0.05) is 5.56 Å². The van der Waals surface area contributed by atoms with Crippen LogP contribution in [0.2, 0.25) is 0 Å². The molecule has 0 aliphatic heterocycles. The zero-order valence-electron chi connectivity index (χ0n) is 13.0. The molecule has 0 saturated heterocycles. The first-order chi connectivity index (χ1) is 10.7. The third-order valence-electron chi connectivity index (χ3n) is 3.77. The van der Waals surface area contributed by atoms with E-state index in [-0.39, 0.29) is 0 Å². The average Bonchev–Trinajstić information content (AvgIpc) is 2.59. The Morgan fingerprint density at radius 1 is 1.09 bits per heavy atom. The maximum absolute atomic E-state index is 9.76. The zero-order chi connectivity index (χ0) is 15.9. The molecule has 22 heavy (non-hydrogen) atoms. The molecule has 0 fully saturated rings. The molecule has 0 saturated carbocycles. The first kappa shape index (κ1) is 16.1. The van der Waals surface area contributed by atoms with Crippen molar-refractivity contribution in [2.75, 3.05) is 0 Å². The Morgan fingerprint density at radius 3 is 2.55 bits per heavy atom. The Balaban J connectivity index is 2.19. The van der Waals surface area contributed by atoms with Crippen LogP contribution in [-0.2, 0) is 19.4 Å². The van der Waals surface area contributed by atoms with Crippen LogP contribution in [0.4, 0.5) is 0 Å². The number of aliphatic hydroxyl groups is 1. The fraction of sp³-hybridized carbons (Fsp3) is 0.316. The van der Waals surface area contributed by atoms with Gasteiger partial charge in [0.2, 0.25) is 0 Å². The highest BCUT2D eigenvalue weighted by atomic mass is 16.5. The van der Waals surface area contributed by atoms with Crippen molar-refractivity contribution < 1.29 is 9.84 Å². The van der Waals surface area contributed by atoms with Gasteiger partial charge in [0.15, 0.2) is 6.10 Å². The summed E-state index contributed by atoms with van der Waals surface area (Å²) >= 11 is 0. The van der Waals surface area contributed by atoms with E-state index in [1.807, 2.05) is 30.3 Å². The van der Waals surface area contributed by atoms with E-state index < -0.39 is 6.10 Å². The number of aryl methyl sites for hydroxylation is 2. The molecule has 2 rings (SSSR count). The Bertz CT molecular complexity index is 673. The number of nitriles is 1. The molecule has 1 N–H and O–H groups in total. The van der Waals surface area contributed by atoms with Gasteiger partial charge >= 0.3 is 0 Å². The molecule has 1 atom stereocenters. The minimum Gasteiger partial charge on any atom is -0.489 e. The molecule has 3 nitrogen and oxygen atoms in total. The lowest BCUT2D eigenvalue weighted by molar-refractivity contribution is 0.229. The molecule has 0 aromatic heterocycles. The van der Waals surface area contributed by atoms with Gasteiger partial charge in [-0.25, -0.2) is 0 Å². The molecule has 0 aliphatic rings. The molecule has 2 aromatic rings. The van der Waals surface area contributed by atoms with Crippen LogP contribution in [0.25, 0.3) is 0 Å². The van der Waals surface area contributed by atoms with E-state index >= 15 is 0 Å². The van der Waals surface area contributed by atoms with E-state index in [0.717, 1.165) is 24.2 Å². The molecule has 3 heteroatoms. The van der Waals surface area contributed by atoms with Crippen LogP contribution < -0.4 is 4.74 Å². The molecule has 0 radical (unpaired) electrons. The van der Waals surface area contributed by atoms with Gasteiger partial charge in [0.25, 0.3) is 0 Å². The fourth-order valence-corrected chi connectivity index (χ4v) is 2.43. The summed E-state index contributed by atoms with van der Waals surface area (Å²) in [5, 5.41) is 18.7. The van der Waals surface area contributed by atoms with Crippen LogP contribution in [0.15, 0.2) is 42.5 Å². The summed E-state index contributed by atoms with van der Waals surface area (Å²) in [7, 11) is 0. The summed E-state index contributed by atoms with van der Waals surface area (Å²) in [4.78, 5) is 0. The van der Waals surface area contributed by atoms with Gasteiger partial charge in [-0.2, -0.15) is 5.26 Å². The maximum atomic E-state index is 9.76. The van der Waals surface area contributed by atoms with Gasteiger partial charge in [0.05, 0.1) is 6.07 Å². The van der Waals surface area contributed by atoms with Crippen molar-refractivity contribution in [2.24, 2.45) is 0 Å². The third-order valence-corrected chi connectivity index (χ3v) is 3.77. The van der Waals surface area contributed by atoms with Crippen LogP contribution in [-0.4, -0.2) is 5.11 Å². The highest BCUT2D eigenvalue weighted by molar-refractivity contribution is 5.38. The normalized spacial score (nSPS) is 11.7. The summed E-state index contributed by atoms with van der Waals surface area (Å²) in [5.74, 6) is 0.862. The van der Waals surface area contributed by atoms with Gasteiger partial charge in [-0.3, -0.25) is 0 Å². The van der Waals surface area contributed by atoms with Crippen molar-refractivity contribution in [2.45, 2.75) is 39.4 Å². The van der Waals surface area contributed by atoms with Crippen molar-refractivity contribution in [3.63, 3.8) is 0 Å². The maximum Gasteiger partial charge on any atom is 0.166 e. The first-order valence-electron chi connectivity index (χ1n) is 7.59. The summed E-state index contributed by atoms with van der Waals surface area (Å²) in [6, 6.07) is 15.4. The minimum atomic E-state index is -1.12. The van der Waals surface area contributed by atoms with E-state index in [9.17, 15) is 5.11 Å². The van der Waals surface area contributed by atoms with Crippen LogP contribution in [0.1, 0.15) is 42.2 Å². The van der Waals surface area contributed by atoms with Crippen LogP contribution in [0, 0.1) is 11.3 Å². The second-order valence-corrected chi connectivity index (χ2v) is 5.17.